The van der Waals surface area contributed by atoms with Crippen LogP contribution in [0.2, 0.25) is 0 Å². The van der Waals surface area contributed by atoms with E-state index >= 15 is 0 Å². The molecule has 1 aromatic rings. The predicted octanol–water partition coefficient (Wildman–Crippen LogP) is 3.78. The Kier molecular flexibility index (Phi) is 3.94. The first-order valence-electron chi connectivity index (χ1n) is 7.71. The van der Waals surface area contributed by atoms with Crippen LogP contribution < -0.4 is 4.18 Å². The summed E-state index contributed by atoms with van der Waals surface area (Å²) in [6.45, 7) is 1.39. The summed E-state index contributed by atoms with van der Waals surface area (Å²) in [5, 5.41) is 0. The van der Waals surface area contributed by atoms with Crippen LogP contribution in [0.1, 0.15) is 54.1 Å². The van der Waals surface area contributed by atoms with Gasteiger partial charge in [-0.3, -0.25) is 4.79 Å². The second-order valence-corrected chi connectivity index (χ2v) is 8.21. The molecule has 4 nitrogen and oxygen atoms in total. The molecule has 1 aromatic carbocycles. The van der Waals surface area contributed by atoms with E-state index in [1.54, 1.807) is 0 Å². The average Bonchev–Trinajstić information content (AvgIpc) is 3.04. The van der Waals surface area contributed by atoms with Gasteiger partial charge in [-0.25, -0.2) is 0 Å². The van der Waals surface area contributed by atoms with Crippen LogP contribution in [0.5, 0.6) is 5.75 Å². The Morgan fingerprint density at radius 1 is 1.12 bits per heavy atom. The molecule has 2 aliphatic rings. The number of ketones is 1. The summed E-state index contributed by atoms with van der Waals surface area (Å²) in [7, 11) is -5.73. The average molecular weight is 362 g/mol. The maximum atomic E-state index is 12.6. The molecular formula is C16H17F3O4S. The van der Waals surface area contributed by atoms with Gasteiger partial charge in [-0.1, -0.05) is 12.8 Å². The fraction of sp³-hybridized carbons (Fsp3) is 0.562. The topological polar surface area (TPSA) is 60.4 Å². The van der Waals surface area contributed by atoms with Crippen LogP contribution >= 0.6 is 0 Å². The number of benzene rings is 1. The van der Waals surface area contributed by atoms with Gasteiger partial charge in [-0.05, 0) is 55.7 Å². The Balaban J connectivity index is 2.05. The van der Waals surface area contributed by atoms with Crippen molar-refractivity contribution in [3.8, 4) is 5.75 Å². The van der Waals surface area contributed by atoms with Crippen molar-refractivity contribution in [3.63, 3.8) is 0 Å². The SMILES string of the molecule is CC(=O)c1ccc(OS(=O)(=O)C(F)(F)F)c2c1CC1(CCCC1)C2. The van der Waals surface area contributed by atoms with E-state index in [9.17, 15) is 26.4 Å². The van der Waals surface area contributed by atoms with Gasteiger partial charge in [-0.2, -0.15) is 21.6 Å². The molecule has 0 saturated heterocycles. The van der Waals surface area contributed by atoms with E-state index in [4.69, 9.17) is 0 Å². The summed E-state index contributed by atoms with van der Waals surface area (Å²) in [4.78, 5) is 11.8. The van der Waals surface area contributed by atoms with Gasteiger partial charge < -0.3 is 4.18 Å². The van der Waals surface area contributed by atoms with E-state index in [0.717, 1.165) is 31.7 Å². The molecule has 0 unspecified atom stereocenters. The van der Waals surface area contributed by atoms with Gasteiger partial charge in [0, 0.05) is 11.1 Å². The number of carbonyl (C=O) groups excluding carboxylic acids is 1. The zero-order valence-electron chi connectivity index (χ0n) is 13.1. The van der Waals surface area contributed by atoms with Crippen LogP contribution in [0.25, 0.3) is 0 Å². The van der Waals surface area contributed by atoms with E-state index in [2.05, 4.69) is 4.18 Å². The Morgan fingerprint density at radius 3 is 2.25 bits per heavy atom. The van der Waals surface area contributed by atoms with Crippen molar-refractivity contribution in [1.29, 1.82) is 0 Å². The quantitative estimate of drug-likeness (QED) is 0.466. The highest BCUT2D eigenvalue weighted by Gasteiger charge is 2.50. The molecule has 0 bridgehead atoms. The van der Waals surface area contributed by atoms with Gasteiger partial charge in [0.1, 0.15) is 5.75 Å². The van der Waals surface area contributed by atoms with E-state index < -0.39 is 15.6 Å². The summed E-state index contributed by atoms with van der Waals surface area (Å²) in [6, 6.07) is 2.52. The molecule has 132 valence electrons. The molecule has 0 atom stereocenters. The molecule has 0 amide bonds. The van der Waals surface area contributed by atoms with Crippen LogP contribution in [-0.2, 0) is 23.0 Å². The molecule has 2 aliphatic carbocycles. The molecule has 0 aliphatic heterocycles. The number of Topliss-reactive ketones (excluding diaryl/α,β-unsaturated/α-hetero) is 1. The van der Waals surface area contributed by atoms with E-state index in [0.29, 0.717) is 29.5 Å². The summed E-state index contributed by atoms with van der Waals surface area (Å²) in [6.07, 6.45) is 4.93. The molecule has 1 saturated carbocycles. The number of hydrogen-bond acceptors (Lipinski definition) is 4. The largest absolute Gasteiger partial charge is 0.534 e. The van der Waals surface area contributed by atoms with Gasteiger partial charge in [0.05, 0.1) is 0 Å². The second-order valence-electron chi connectivity index (χ2n) is 6.67. The molecule has 24 heavy (non-hydrogen) atoms. The minimum absolute atomic E-state index is 0.0893. The second kappa shape index (κ2) is 5.47. The van der Waals surface area contributed by atoms with Crippen molar-refractivity contribution < 1.29 is 30.6 Å². The van der Waals surface area contributed by atoms with Crippen LogP contribution in [0.15, 0.2) is 12.1 Å². The molecule has 3 rings (SSSR count). The maximum Gasteiger partial charge on any atom is 0.534 e. The molecule has 0 heterocycles. The summed E-state index contributed by atoms with van der Waals surface area (Å²) < 4.78 is 64.9. The lowest BCUT2D eigenvalue weighted by Crippen LogP contribution is -2.28. The monoisotopic (exact) mass is 362 g/mol. The highest BCUT2D eigenvalue weighted by atomic mass is 32.2. The van der Waals surface area contributed by atoms with Gasteiger partial charge in [-0.15, -0.1) is 0 Å². The zero-order valence-corrected chi connectivity index (χ0v) is 13.9. The van der Waals surface area contributed by atoms with Gasteiger partial charge in [0.25, 0.3) is 0 Å². The first-order chi connectivity index (χ1) is 11.0. The number of halogens is 3. The third-order valence-electron chi connectivity index (χ3n) is 5.02. The minimum Gasteiger partial charge on any atom is -0.376 e. The van der Waals surface area contributed by atoms with E-state index in [-0.39, 0.29) is 16.9 Å². The predicted molar refractivity (Wildman–Crippen MR) is 80.4 cm³/mol. The van der Waals surface area contributed by atoms with Gasteiger partial charge in [0.15, 0.2) is 5.78 Å². The first kappa shape index (κ1) is 17.3. The number of hydrogen-bond donors (Lipinski definition) is 0. The normalized spacial score (nSPS) is 19.5. The van der Waals surface area contributed by atoms with Crippen LogP contribution in [0.4, 0.5) is 13.2 Å². The lowest BCUT2D eigenvalue weighted by molar-refractivity contribution is -0.0500. The highest BCUT2D eigenvalue weighted by Crippen LogP contribution is 2.52. The molecule has 1 fully saturated rings. The van der Waals surface area contributed by atoms with Gasteiger partial charge >= 0.3 is 15.6 Å². The van der Waals surface area contributed by atoms with Crippen molar-refractivity contribution in [3.05, 3.63) is 28.8 Å². The molecule has 0 N–H and O–H groups in total. The summed E-state index contributed by atoms with van der Waals surface area (Å²) in [5.74, 6) is -0.498. The Labute approximate surface area is 138 Å². The lowest BCUT2D eigenvalue weighted by Gasteiger charge is -2.21. The Hall–Kier alpha value is -1.57. The van der Waals surface area contributed by atoms with Crippen LogP contribution in [-0.4, -0.2) is 19.7 Å². The fourth-order valence-corrected chi connectivity index (χ4v) is 4.42. The smallest absolute Gasteiger partial charge is 0.376 e. The van der Waals surface area contributed by atoms with E-state index in [1.165, 1.54) is 13.0 Å². The molecule has 8 heteroatoms. The van der Waals surface area contributed by atoms with Crippen molar-refractivity contribution in [2.24, 2.45) is 5.41 Å². The number of alkyl halides is 3. The van der Waals surface area contributed by atoms with E-state index in [1.807, 2.05) is 0 Å². The lowest BCUT2D eigenvalue weighted by atomic mass is 9.83. The zero-order chi connectivity index (χ0) is 17.8. The third kappa shape index (κ3) is 2.81. The highest BCUT2D eigenvalue weighted by molar-refractivity contribution is 7.88. The maximum absolute atomic E-state index is 12.6. The fourth-order valence-electron chi connectivity index (χ4n) is 3.93. The number of carbonyl (C=O) groups is 1. The number of rotatable bonds is 3. The van der Waals surface area contributed by atoms with Gasteiger partial charge in [0.2, 0.25) is 0 Å². The molecular weight excluding hydrogens is 345 g/mol. The van der Waals surface area contributed by atoms with Crippen LogP contribution in [0.3, 0.4) is 0 Å². The Bertz CT molecular complexity index is 790. The Morgan fingerprint density at radius 2 is 1.71 bits per heavy atom. The third-order valence-corrected chi connectivity index (χ3v) is 5.98. The molecule has 1 spiro atoms. The van der Waals surface area contributed by atoms with Crippen molar-refractivity contribution in [1.82, 2.24) is 0 Å². The standard InChI is InChI=1S/C16H17F3O4S/c1-10(20)11-4-5-14(23-24(21,22)16(17,18)19)13-9-15(8-12(11)13)6-2-3-7-15/h4-5H,2-3,6-9H2,1H3. The van der Waals surface area contributed by atoms with Crippen molar-refractivity contribution in [2.75, 3.05) is 0 Å². The first-order valence-corrected chi connectivity index (χ1v) is 9.12. The number of fused-ring (bicyclic) bond motifs is 1. The molecule has 0 aromatic heterocycles. The van der Waals surface area contributed by atoms with Crippen molar-refractivity contribution in [2.45, 2.75) is 51.0 Å². The molecule has 0 radical (unpaired) electrons. The van der Waals surface area contributed by atoms with Crippen molar-refractivity contribution >= 4 is 15.9 Å². The minimum atomic E-state index is -5.73. The summed E-state index contributed by atoms with van der Waals surface area (Å²) in [5.41, 5.74) is -4.07. The summed E-state index contributed by atoms with van der Waals surface area (Å²) >= 11 is 0. The van der Waals surface area contributed by atoms with Crippen LogP contribution in [0, 0.1) is 5.41 Å².